The number of anilines is 2. The van der Waals surface area contributed by atoms with Crippen molar-refractivity contribution in [3.05, 3.63) is 43.8 Å². The van der Waals surface area contributed by atoms with Crippen LogP contribution in [0.5, 0.6) is 0 Å². The molecule has 0 saturated carbocycles. The minimum atomic E-state index is -4.65. The second-order valence-electron chi connectivity index (χ2n) is 9.18. The molecule has 0 radical (unpaired) electrons. The van der Waals surface area contributed by atoms with E-state index in [4.69, 9.17) is 0 Å². The van der Waals surface area contributed by atoms with Crippen LogP contribution in [0, 0.1) is 11.3 Å². The van der Waals surface area contributed by atoms with Crippen LogP contribution in [0.3, 0.4) is 0 Å². The van der Waals surface area contributed by atoms with Gasteiger partial charge >= 0.3 is 6.18 Å². The number of halogens is 3. The van der Waals surface area contributed by atoms with Crippen molar-refractivity contribution < 1.29 is 27.6 Å². The van der Waals surface area contributed by atoms with Gasteiger partial charge in [-0.2, -0.15) is 18.4 Å². The summed E-state index contributed by atoms with van der Waals surface area (Å²) >= 11 is 0.797. The molecule has 220 valence electrons. The van der Waals surface area contributed by atoms with Crippen molar-refractivity contribution in [2.45, 2.75) is 26.6 Å². The van der Waals surface area contributed by atoms with Crippen molar-refractivity contribution >= 4 is 52.2 Å². The molecule has 0 bridgehead atoms. The SMILES string of the molecule is CCn1c(=C(C#N)C(=O)NCC(F)(F)F)sc(=CNc2cccc(N(C)C(=O)CN3CCN(C(C)=O)CC3)c2)c1=O. The molecule has 15 heteroatoms. The summed E-state index contributed by atoms with van der Waals surface area (Å²) in [4.78, 5) is 54.8. The average molecular weight is 594 g/mol. The van der Waals surface area contributed by atoms with Gasteiger partial charge in [-0.1, -0.05) is 6.07 Å². The average Bonchev–Trinajstić information content (AvgIpc) is 3.25. The zero-order valence-electron chi connectivity index (χ0n) is 22.7. The number of hydrogen-bond acceptors (Lipinski definition) is 8. The van der Waals surface area contributed by atoms with Gasteiger partial charge in [0.25, 0.3) is 11.5 Å². The van der Waals surface area contributed by atoms with Crippen molar-refractivity contribution in [2.24, 2.45) is 0 Å². The van der Waals surface area contributed by atoms with Crippen molar-refractivity contribution in [1.82, 2.24) is 19.7 Å². The predicted octanol–water partition coefficient (Wildman–Crippen LogP) is 0.259. The van der Waals surface area contributed by atoms with Crippen LogP contribution in [0.1, 0.15) is 13.8 Å². The summed E-state index contributed by atoms with van der Waals surface area (Å²) < 4.78 is 38.8. The largest absolute Gasteiger partial charge is 0.405 e. The lowest BCUT2D eigenvalue weighted by atomic mass is 10.2. The summed E-state index contributed by atoms with van der Waals surface area (Å²) in [6.45, 7) is 4.13. The highest BCUT2D eigenvalue weighted by molar-refractivity contribution is 7.07. The smallest absolute Gasteiger partial charge is 0.360 e. The lowest BCUT2D eigenvalue weighted by molar-refractivity contribution is -0.135. The molecule has 0 spiro atoms. The number of rotatable bonds is 8. The summed E-state index contributed by atoms with van der Waals surface area (Å²) in [6, 6.07) is 8.49. The summed E-state index contributed by atoms with van der Waals surface area (Å²) in [5.41, 5.74) is 0.0180. The molecule has 1 saturated heterocycles. The lowest BCUT2D eigenvalue weighted by Crippen LogP contribution is -2.50. The monoisotopic (exact) mass is 593 g/mol. The topological polar surface area (TPSA) is 131 Å². The molecule has 2 N–H and O–H groups in total. The molecule has 1 aliphatic heterocycles. The van der Waals surface area contributed by atoms with Crippen LogP contribution in [0.2, 0.25) is 0 Å². The Morgan fingerprint density at radius 2 is 1.88 bits per heavy atom. The fourth-order valence-corrected chi connectivity index (χ4v) is 5.16. The van der Waals surface area contributed by atoms with E-state index in [9.17, 15) is 37.6 Å². The quantitative estimate of drug-likeness (QED) is 0.449. The van der Waals surface area contributed by atoms with Crippen LogP contribution < -0.4 is 30.3 Å². The van der Waals surface area contributed by atoms with Crippen molar-refractivity contribution in [3.8, 4) is 6.07 Å². The Bertz CT molecular complexity index is 1520. The summed E-state index contributed by atoms with van der Waals surface area (Å²) in [7, 11) is 1.64. The molecule has 1 aromatic heterocycles. The number of carbonyl (C=O) groups excluding carboxylic acids is 3. The number of alkyl halides is 3. The third-order valence-corrected chi connectivity index (χ3v) is 7.51. The summed E-state index contributed by atoms with van der Waals surface area (Å²) in [6.07, 6.45) is -3.28. The predicted molar refractivity (Wildman–Crippen MR) is 148 cm³/mol. The first-order valence-electron chi connectivity index (χ1n) is 12.6. The molecule has 1 aromatic carbocycles. The first kappa shape index (κ1) is 31.4. The van der Waals surface area contributed by atoms with E-state index in [1.54, 1.807) is 54.5 Å². The standard InChI is InChI=1S/C26H30F3N7O4S/c1-4-36-24(40)21(41-25(36)20(13-30)23(39)32-16-26(27,28)29)14-31-18-6-5-7-19(12-18)33(3)22(38)15-34-8-10-35(11-9-34)17(2)37/h5-7,12,14,31H,4,8-11,15-16H2,1-3H3,(H,32,39). The van der Waals surface area contributed by atoms with Crippen molar-refractivity contribution in [3.63, 3.8) is 0 Å². The van der Waals surface area contributed by atoms with E-state index in [0.717, 1.165) is 15.9 Å². The second-order valence-corrected chi connectivity index (χ2v) is 10.2. The van der Waals surface area contributed by atoms with Crippen LogP contribution in [-0.4, -0.2) is 84.6 Å². The minimum absolute atomic E-state index is 0.0108. The van der Waals surface area contributed by atoms with Crippen LogP contribution in [-0.2, 0) is 20.9 Å². The summed E-state index contributed by atoms with van der Waals surface area (Å²) in [5.74, 6) is -1.36. The third kappa shape index (κ3) is 8.18. The molecule has 3 rings (SSSR count). The van der Waals surface area contributed by atoms with E-state index in [2.05, 4.69) is 5.32 Å². The Balaban J connectivity index is 1.78. The van der Waals surface area contributed by atoms with Crippen LogP contribution in [0.4, 0.5) is 24.5 Å². The highest BCUT2D eigenvalue weighted by Gasteiger charge is 2.29. The minimum Gasteiger partial charge on any atom is -0.360 e. The van der Waals surface area contributed by atoms with Crippen molar-refractivity contribution in [2.75, 3.05) is 56.5 Å². The Kier molecular flexibility index (Phi) is 10.3. The van der Waals surface area contributed by atoms with Crippen LogP contribution in [0.25, 0.3) is 11.8 Å². The van der Waals surface area contributed by atoms with E-state index >= 15 is 0 Å². The number of carbonyl (C=O) groups is 3. The first-order chi connectivity index (χ1) is 19.3. The molecule has 0 atom stereocenters. The van der Waals surface area contributed by atoms with Gasteiger partial charge in [-0.25, -0.2) is 0 Å². The maximum atomic E-state index is 12.9. The van der Waals surface area contributed by atoms with Crippen LogP contribution in [0.15, 0.2) is 29.1 Å². The van der Waals surface area contributed by atoms with Crippen LogP contribution >= 0.6 is 11.3 Å². The molecule has 2 heterocycles. The number of thiazole rings is 1. The van der Waals surface area contributed by atoms with Gasteiger partial charge in [0, 0.05) is 64.3 Å². The molecule has 2 aromatic rings. The molecule has 41 heavy (non-hydrogen) atoms. The summed E-state index contributed by atoms with van der Waals surface area (Å²) in [5, 5.41) is 14.1. The molecule has 0 unspecified atom stereocenters. The Hall–Kier alpha value is -4.16. The molecule has 0 aliphatic carbocycles. The van der Waals surface area contributed by atoms with E-state index in [1.807, 2.05) is 4.90 Å². The number of benzene rings is 1. The zero-order chi connectivity index (χ0) is 30.3. The number of piperazine rings is 1. The highest BCUT2D eigenvalue weighted by Crippen LogP contribution is 2.19. The molecule has 3 amide bonds. The van der Waals surface area contributed by atoms with Gasteiger partial charge in [-0.3, -0.25) is 28.6 Å². The van der Waals surface area contributed by atoms with Gasteiger partial charge in [-0.05, 0) is 25.1 Å². The van der Waals surface area contributed by atoms with Gasteiger partial charge in [-0.15, -0.1) is 11.3 Å². The van der Waals surface area contributed by atoms with Gasteiger partial charge in [0.15, 0.2) is 5.57 Å². The number of nitriles is 1. The molecule has 1 fully saturated rings. The number of hydrogen-bond donors (Lipinski definition) is 2. The van der Waals surface area contributed by atoms with E-state index in [-0.39, 0.29) is 34.1 Å². The van der Waals surface area contributed by atoms with Gasteiger partial charge in [0.2, 0.25) is 11.8 Å². The highest BCUT2D eigenvalue weighted by atomic mass is 32.1. The lowest BCUT2D eigenvalue weighted by Gasteiger charge is -2.34. The maximum absolute atomic E-state index is 12.9. The number of amides is 3. The van der Waals surface area contributed by atoms with E-state index < -0.39 is 29.8 Å². The fraction of sp³-hybridized carbons (Fsp3) is 0.423. The Morgan fingerprint density at radius 1 is 1.20 bits per heavy atom. The van der Waals surface area contributed by atoms with E-state index in [1.165, 1.54) is 18.0 Å². The maximum Gasteiger partial charge on any atom is 0.405 e. The molecule has 11 nitrogen and oxygen atoms in total. The number of aromatic nitrogens is 1. The van der Waals surface area contributed by atoms with Gasteiger partial charge in [0.05, 0.1) is 6.54 Å². The molecule has 1 aliphatic rings. The van der Waals surface area contributed by atoms with Gasteiger partial charge < -0.3 is 20.4 Å². The fourth-order valence-electron chi connectivity index (χ4n) is 4.07. The number of nitrogens with one attached hydrogen (secondary N) is 2. The third-order valence-electron chi connectivity index (χ3n) is 6.38. The second kappa shape index (κ2) is 13.5. The normalized spacial score (nSPS) is 15.2. The number of likely N-dealkylation sites (N-methyl/N-ethyl adjacent to an activating group) is 1. The van der Waals surface area contributed by atoms with Gasteiger partial charge in [0.1, 0.15) is 21.8 Å². The molecular weight excluding hydrogens is 563 g/mol. The Morgan fingerprint density at radius 3 is 2.46 bits per heavy atom. The van der Waals surface area contributed by atoms with E-state index in [0.29, 0.717) is 37.6 Å². The zero-order valence-corrected chi connectivity index (χ0v) is 23.6. The molecular formula is C26H30F3N7O4S. The number of nitrogens with zero attached hydrogens (tertiary/aromatic N) is 5. The Labute approximate surface area is 237 Å². The first-order valence-corrected chi connectivity index (χ1v) is 13.5. The van der Waals surface area contributed by atoms with Crippen molar-refractivity contribution in [1.29, 1.82) is 5.26 Å².